The van der Waals surface area contributed by atoms with Gasteiger partial charge in [-0.2, -0.15) is 0 Å². The number of rotatable bonds is 4. The molecule has 1 unspecified atom stereocenters. The normalized spacial score (nSPS) is 26.0. The van der Waals surface area contributed by atoms with Crippen molar-refractivity contribution in [1.29, 1.82) is 0 Å². The van der Waals surface area contributed by atoms with E-state index in [1.54, 1.807) is 0 Å². The van der Waals surface area contributed by atoms with Crippen LogP contribution in [0.15, 0.2) is 0 Å². The fourth-order valence-corrected chi connectivity index (χ4v) is 2.95. The van der Waals surface area contributed by atoms with Crippen molar-refractivity contribution in [2.45, 2.75) is 70.1 Å². The molecule has 0 radical (unpaired) electrons. The second kappa shape index (κ2) is 8.08. The Bertz CT molecular complexity index is 283. The van der Waals surface area contributed by atoms with Crippen LogP contribution in [0.4, 0.5) is 0 Å². The molecule has 1 saturated heterocycles. The zero-order valence-electron chi connectivity index (χ0n) is 11.8. The summed E-state index contributed by atoms with van der Waals surface area (Å²) in [6, 6.07) is 0.154. The molecule has 1 amide bonds. The van der Waals surface area contributed by atoms with Gasteiger partial charge in [-0.3, -0.25) is 4.79 Å². The highest BCUT2D eigenvalue weighted by Gasteiger charge is 2.30. The fraction of sp³-hybridized carbons (Fsp3) is 0.929. The van der Waals surface area contributed by atoms with Crippen LogP contribution >= 0.6 is 12.4 Å². The van der Waals surface area contributed by atoms with Crippen LogP contribution in [0.2, 0.25) is 0 Å². The third-order valence-corrected chi connectivity index (χ3v) is 4.09. The molecule has 2 fully saturated rings. The van der Waals surface area contributed by atoms with E-state index in [1.165, 1.54) is 19.3 Å². The number of carbonyl (C=O) groups excluding carboxylic acids is 1. The van der Waals surface area contributed by atoms with Gasteiger partial charge >= 0.3 is 0 Å². The van der Waals surface area contributed by atoms with Crippen molar-refractivity contribution < 1.29 is 9.53 Å². The van der Waals surface area contributed by atoms with Gasteiger partial charge in [0, 0.05) is 19.1 Å². The average molecular weight is 291 g/mol. The van der Waals surface area contributed by atoms with Crippen molar-refractivity contribution in [1.82, 2.24) is 4.90 Å². The van der Waals surface area contributed by atoms with E-state index in [2.05, 4.69) is 0 Å². The first-order valence-electron chi connectivity index (χ1n) is 7.40. The highest BCUT2D eigenvalue weighted by atomic mass is 35.5. The van der Waals surface area contributed by atoms with Gasteiger partial charge in [-0.05, 0) is 25.7 Å². The summed E-state index contributed by atoms with van der Waals surface area (Å²) in [6.07, 6.45) is 7.75. The van der Waals surface area contributed by atoms with Crippen LogP contribution in [0.25, 0.3) is 0 Å². The third-order valence-electron chi connectivity index (χ3n) is 4.09. The summed E-state index contributed by atoms with van der Waals surface area (Å²) in [4.78, 5) is 14.2. The molecule has 0 bridgehead atoms. The first-order valence-corrected chi connectivity index (χ1v) is 7.40. The fourth-order valence-electron chi connectivity index (χ4n) is 2.95. The quantitative estimate of drug-likeness (QED) is 0.863. The zero-order chi connectivity index (χ0) is 13.0. The molecule has 1 aliphatic carbocycles. The topological polar surface area (TPSA) is 55.6 Å². The van der Waals surface area contributed by atoms with Crippen LogP contribution in [-0.4, -0.2) is 42.1 Å². The Hall–Kier alpha value is -0.320. The molecular weight excluding hydrogens is 264 g/mol. The molecule has 2 aliphatic rings. The monoisotopic (exact) mass is 290 g/mol. The van der Waals surface area contributed by atoms with Crippen molar-refractivity contribution >= 4 is 18.3 Å². The van der Waals surface area contributed by atoms with Gasteiger partial charge in [-0.1, -0.05) is 26.2 Å². The van der Waals surface area contributed by atoms with E-state index < -0.39 is 0 Å². The standard InChI is InChI=1S/C14H26N2O2.ClH/c1-2-13(18-12-6-4-3-5-7-12)14(17)16-9-8-11(15)10-16;/h11-13H,2-10,15H2,1H3;1H/t11-,13?;/m1./s1. The molecule has 1 saturated carbocycles. The first kappa shape index (κ1) is 16.7. The number of likely N-dealkylation sites (tertiary alicyclic amines) is 1. The van der Waals surface area contributed by atoms with Crippen LogP contribution in [-0.2, 0) is 9.53 Å². The van der Waals surface area contributed by atoms with Crippen molar-refractivity contribution in [2.24, 2.45) is 5.73 Å². The van der Waals surface area contributed by atoms with E-state index in [1.807, 2.05) is 11.8 Å². The molecule has 0 aromatic heterocycles. The Morgan fingerprint density at radius 1 is 1.32 bits per heavy atom. The Kier molecular flexibility index (Phi) is 7.11. The zero-order valence-corrected chi connectivity index (χ0v) is 12.7. The minimum absolute atomic E-state index is 0. The van der Waals surface area contributed by atoms with Crippen LogP contribution in [0.1, 0.15) is 51.9 Å². The van der Waals surface area contributed by atoms with Gasteiger partial charge in [0.05, 0.1) is 6.10 Å². The summed E-state index contributed by atoms with van der Waals surface area (Å²) in [5.74, 6) is 0.149. The minimum atomic E-state index is -0.251. The van der Waals surface area contributed by atoms with Crippen molar-refractivity contribution in [3.63, 3.8) is 0 Å². The molecular formula is C14H27ClN2O2. The second-order valence-electron chi connectivity index (χ2n) is 5.63. The Labute approximate surface area is 122 Å². The Balaban J connectivity index is 0.00000180. The van der Waals surface area contributed by atoms with Gasteiger partial charge in [0.15, 0.2) is 0 Å². The summed E-state index contributed by atoms with van der Waals surface area (Å²) in [7, 11) is 0. The lowest BCUT2D eigenvalue weighted by atomic mass is 9.97. The lowest BCUT2D eigenvalue weighted by Gasteiger charge is -2.29. The smallest absolute Gasteiger partial charge is 0.251 e. The average Bonchev–Trinajstić information content (AvgIpc) is 2.83. The van der Waals surface area contributed by atoms with E-state index in [4.69, 9.17) is 10.5 Å². The summed E-state index contributed by atoms with van der Waals surface area (Å²) < 4.78 is 6.02. The van der Waals surface area contributed by atoms with Gasteiger partial charge in [0.2, 0.25) is 0 Å². The Morgan fingerprint density at radius 2 is 2.00 bits per heavy atom. The van der Waals surface area contributed by atoms with E-state index >= 15 is 0 Å². The Morgan fingerprint density at radius 3 is 2.53 bits per heavy atom. The largest absolute Gasteiger partial charge is 0.365 e. The van der Waals surface area contributed by atoms with Gasteiger partial charge in [-0.15, -0.1) is 12.4 Å². The molecule has 1 aliphatic heterocycles. The number of hydrogen-bond donors (Lipinski definition) is 1. The van der Waals surface area contributed by atoms with Gasteiger partial charge < -0.3 is 15.4 Å². The van der Waals surface area contributed by atoms with Crippen molar-refractivity contribution in [2.75, 3.05) is 13.1 Å². The van der Waals surface area contributed by atoms with Crippen molar-refractivity contribution in [3.05, 3.63) is 0 Å². The number of carbonyl (C=O) groups is 1. The van der Waals surface area contributed by atoms with Crippen LogP contribution in [0.3, 0.4) is 0 Å². The number of nitrogens with two attached hydrogens (primary N) is 1. The number of ether oxygens (including phenoxy) is 1. The molecule has 1 heterocycles. The maximum atomic E-state index is 12.3. The number of nitrogens with zero attached hydrogens (tertiary/aromatic N) is 1. The van der Waals surface area contributed by atoms with Gasteiger partial charge in [0.25, 0.3) is 5.91 Å². The lowest BCUT2D eigenvalue weighted by Crippen LogP contribution is -2.42. The molecule has 112 valence electrons. The molecule has 2 N–H and O–H groups in total. The number of hydrogen-bond acceptors (Lipinski definition) is 3. The molecule has 5 heteroatoms. The summed E-state index contributed by atoms with van der Waals surface area (Å²) in [5, 5.41) is 0. The van der Waals surface area contributed by atoms with Crippen LogP contribution in [0, 0.1) is 0 Å². The van der Waals surface area contributed by atoms with E-state index in [-0.39, 0.29) is 30.5 Å². The third kappa shape index (κ3) is 4.62. The first-order chi connectivity index (χ1) is 8.70. The second-order valence-corrected chi connectivity index (χ2v) is 5.63. The molecule has 0 aromatic rings. The van der Waals surface area contributed by atoms with Gasteiger partial charge in [-0.25, -0.2) is 0 Å². The summed E-state index contributed by atoms with van der Waals surface area (Å²) >= 11 is 0. The molecule has 2 atom stereocenters. The lowest BCUT2D eigenvalue weighted by molar-refractivity contribution is -0.148. The van der Waals surface area contributed by atoms with Gasteiger partial charge in [0.1, 0.15) is 6.10 Å². The summed E-state index contributed by atoms with van der Waals surface area (Å²) in [5.41, 5.74) is 5.85. The van der Waals surface area contributed by atoms with Crippen molar-refractivity contribution in [3.8, 4) is 0 Å². The highest BCUT2D eigenvalue weighted by Crippen LogP contribution is 2.23. The van der Waals surface area contributed by atoms with E-state index in [0.29, 0.717) is 12.6 Å². The predicted molar refractivity (Wildman–Crippen MR) is 78.5 cm³/mol. The predicted octanol–water partition coefficient (Wildman–Crippen LogP) is 2.10. The van der Waals surface area contributed by atoms with E-state index in [9.17, 15) is 4.79 Å². The highest BCUT2D eigenvalue weighted by molar-refractivity contribution is 5.85. The minimum Gasteiger partial charge on any atom is -0.365 e. The molecule has 4 nitrogen and oxygen atoms in total. The molecule has 0 aromatic carbocycles. The SMILES string of the molecule is CCC(OC1CCCCC1)C(=O)N1CC[C@@H](N)C1.Cl. The molecule has 0 spiro atoms. The van der Waals surface area contributed by atoms with Crippen LogP contribution < -0.4 is 5.73 Å². The summed E-state index contributed by atoms with van der Waals surface area (Å²) in [6.45, 7) is 3.52. The maximum Gasteiger partial charge on any atom is 0.251 e. The number of halogens is 1. The molecule has 19 heavy (non-hydrogen) atoms. The maximum absolute atomic E-state index is 12.3. The van der Waals surface area contributed by atoms with E-state index in [0.717, 1.165) is 32.2 Å². The molecule has 2 rings (SSSR count). The van der Waals surface area contributed by atoms with Crippen LogP contribution in [0.5, 0.6) is 0 Å². The number of amides is 1.